The van der Waals surface area contributed by atoms with Crippen LogP contribution in [0.25, 0.3) is 86.3 Å². The quantitative estimate of drug-likeness (QED) is 0.193. The predicted molar refractivity (Wildman–Crippen MR) is 195 cm³/mol. The number of hydrogen-bond donors (Lipinski definition) is 0. The van der Waals surface area contributed by atoms with Crippen LogP contribution in [0.3, 0.4) is 0 Å². The van der Waals surface area contributed by atoms with E-state index in [9.17, 15) is 0 Å². The molecule has 3 heteroatoms. The standard InChI is InChI=1S/C42H28N2S/c1-2-10-29(11-3-1)43-37-15-7-4-12-31(37)34-24-27(18-21-39(34)43)28-19-22-40-35(25-28)32-13-5-8-16-38(32)44(40)30-20-23-42-36(26-30)33-14-6-9-17-41(33)45-42/h1-2,4-10,12-26H,3,11H2. The van der Waals surface area contributed by atoms with Crippen LogP contribution >= 0.6 is 11.3 Å². The maximum absolute atomic E-state index is 2.46. The van der Waals surface area contributed by atoms with E-state index in [1.807, 2.05) is 11.3 Å². The van der Waals surface area contributed by atoms with Crippen molar-refractivity contribution >= 4 is 80.8 Å². The fourth-order valence-electron chi connectivity index (χ4n) is 7.52. The largest absolute Gasteiger partial charge is 0.313 e. The maximum atomic E-state index is 2.46. The van der Waals surface area contributed by atoms with Gasteiger partial charge < -0.3 is 9.13 Å². The molecule has 1 aliphatic rings. The Bertz CT molecular complexity index is 2710. The first kappa shape index (κ1) is 25.0. The van der Waals surface area contributed by atoms with Crippen LogP contribution in [0.5, 0.6) is 0 Å². The molecule has 212 valence electrons. The summed E-state index contributed by atoms with van der Waals surface area (Å²) in [5, 5.41) is 7.81. The molecule has 45 heavy (non-hydrogen) atoms. The fraction of sp³-hybridized carbons (Fsp3) is 0.0476. The summed E-state index contributed by atoms with van der Waals surface area (Å²) in [6, 6.07) is 47.3. The molecule has 3 aromatic heterocycles. The molecule has 10 rings (SSSR count). The van der Waals surface area contributed by atoms with Gasteiger partial charge in [0.1, 0.15) is 0 Å². The van der Waals surface area contributed by atoms with Crippen molar-refractivity contribution in [2.45, 2.75) is 12.8 Å². The number of benzene rings is 6. The molecule has 2 nitrogen and oxygen atoms in total. The molecule has 0 saturated carbocycles. The van der Waals surface area contributed by atoms with Crippen molar-refractivity contribution in [1.29, 1.82) is 0 Å². The average molecular weight is 593 g/mol. The molecule has 0 atom stereocenters. The molecule has 0 N–H and O–H groups in total. The smallest absolute Gasteiger partial charge is 0.0541 e. The normalized spacial score (nSPS) is 13.6. The zero-order valence-electron chi connectivity index (χ0n) is 24.6. The van der Waals surface area contributed by atoms with Crippen LogP contribution in [-0.2, 0) is 0 Å². The summed E-state index contributed by atoms with van der Waals surface area (Å²) in [6.45, 7) is 0. The summed E-state index contributed by atoms with van der Waals surface area (Å²) in [7, 11) is 0. The minimum Gasteiger partial charge on any atom is -0.313 e. The van der Waals surface area contributed by atoms with Gasteiger partial charge in [0.25, 0.3) is 0 Å². The number of thiophene rings is 1. The monoisotopic (exact) mass is 592 g/mol. The van der Waals surface area contributed by atoms with Gasteiger partial charge in [-0.2, -0.15) is 0 Å². The third-order valence-corrected chi connectivity index (χ3v) is 10.7. The summed E-state index contributed by atoms with van der Waals surface area (Å²) in [5.41, 5.74) is 10.1. The summed E-state index contributed by atoms with van der Waals surface area (Å²) in [4.78, 5) is 0. The number of rotatable bonds is 3. The van der Waals surface area contributed by atoms with Gasteiger partial charge in [0.2, 0.25) is 0 Å². The Morgan fingerprint density at radius 3 is 1.78 bits per heavy atom. The van der Waals surface area contributed by atoms with E-state index in [0.29, 0.717) is 0 Å². The van der Waals surface area contributed by atoms with Crippen LogP contribution in [0.2, 0.25) is 0 Å². The first-order valence-electron chi connectivity index (χ1n) is 15.7. The van der Waals surface area contributed by atoms with E-state index in [1.165, 1.54) is 86.3 Å². The summed E-state index contributed by atoms with van der Waals surface area (Å²) < 4.78 is 7.56. The van der Waals surface area contributed by atoms with Crippen molar-refractivity contribution in [2.75, 3.05) is 0 Å². The predicted octanol–water partition coefficient (Wildman–Crippen LogP) is 12.1. The van der Waals surface area contributed by atoms with Crippen molar-refractivity contribution in [3.05, 3.63) is 146 Å². The van der Waals surface area contributed by atoms with Crippen LogP contribution < -0.4 is 0 Å². The summed E-state index contributed by atoms with van der Waals surface area (Å²) in [5.74, 6) is 0. The molecule has 0 aliphatic heterocycles. The van der Waals surface area contributed by atoms with E-state index in [1.54, 1.807) is 0 Å². The zero-order valence-corrected chi connectivity index (χ0v) is 25.4. The van der Waals surface area contributed by atoms with Gasteiger partial charge in [-0.05, 0) is 90.7 Å². The Hall–Kier alpha value is -5.38. The molecule has 6 aromatic carbocycles. The van der Waals surface area contributed by atoms with Crippen molar-refractivity contribution in [3.8, 4) is 16.8 Å². The van der Waals surface area contributed by atoms with Crippen LogP contribution in [0.1, 0.15) is 12.8 Å². The first-order valence-corrected chi connectivity index (χ1v) is 16.5. The van der Waals surface area contributed by atoms with Crippen molar-refractivity contribution in [3.63, 3.8) is 0 Å². The molecule has 0 unspecified atom stereocenters. The highest BCUT2D eigenvalue weighted by Crippen LogP contribution is 2.40. The minimum absolute atomic E-state index is 1.06. The number of para-hydroxylation sites is 2. The molecule has 0 spiro atoms. The van der Waals surface area contributed by atoms with E-state index in [4.69, 9.17) is 0 Å². The maximum Gasteiger partial charge on any atom is 0.0541 e. The molecule has 0 bridgehead atoms. The topological polar surface area (TPSA) is 9.86 Å². The van der Waals surface area contributed by atoms with Gasteiger partial charge in [-0.15, -0.1) is 11.3 Å². The number of allylic oxidation sites excluding steroid dienone is 4. The lowest BCUT2D eigenvalue weighted by atomic mass is 10.0. The van der Waals surface area contributed by atoms with Crippen LogP contribution in [0.4, 0.5) is 0 Å². The number of nitrogens with zero attached hydrogens (tertiary/aromatic N) is 2. The van der Waals surface area contributed by atoms with E-state index in [-0.39, 0.29) is 0 Å². The molecule has 0 amide bonds. The molecule has 9 aromatic rings. The Balaban J connectivity index is 1.17. The number of fused-ring (bicyclic) bond motifs is 9. The van der Waals surface area contributed by atoms with Gasteiger partial charge in [0.15, 0.2) is 0 Å². The highest BCUT2D eigenvalue weighted by Gasteiger charge is 2.17. The van der Waals surface area contributed by atoms with Gasteiger partial charge in [-0.3, -0.25) is 0 Å². The van der Waals surface area contributed by atoms with Gasteiger partial charge in [0.05, 0.1) is 22.1 Å². The second-order valence-electron chi connectivity index (χ2n) is 12.1. The third-order valence-electron chi connectivity index (χ3n) is 9.58. The molecule has 3 heterocycles. The van der Waals surface area contributed by atoms with Gasteiger partial charge >= 0.3 is 0 Å². The highest BCUT2D eigenvalue weighted by molar-refractivity contribution is 7.25. The van der Waals surface area contributed by atoms with E-state index < -0.39 is 0 Å². The van der Waals surface area contributed by atoms with Crippen LogP contribution in [-0.4, -0.2) is 9.13 Å². The minimum atomic E-state index is 1.06. The van der Waals surface area contributed by atoms with Crippen molar-refractivity contribution in [1.82, 2.24) is 9.13 Å². The van der Waals surface area contributed by atoms with E-state index >= 15 is 0 Å². The van der Waals surface area contributed by atoms with Gasteiger partial charge in [-0.25, -0.2) is 0 Å². The van der Waals surface area contributed by atoms with Crippen molar-refractivity contribution in [2.24, 2.45) is 0 Å². The zero-order chi connectivity index (χ0) is 29.5. The van der Waals surface area contributed by atoms with Gasteiger partial charge in [0, 0.05) is 53.1 Å². The summed E-state index contributed by atoms with van der Waals surface area (Å²) >= 11 is 1.87. The molecule has 0 fully saturated rings. The number of aromatic nitrogens is 2. The highest BCUT2D eigenvalue weighted by atomic mass is 32.1. The Morgan fingerprint density at radius 1 is 0.467 bits per heavy atom. The Kier molecular flexibility index (Phi) is 5.31. The molecular weight excluding hydrogens is 565 g/mol. The second kappa shape index (κ2) is 9.56. The lowest BCUT2D eigenvalue weighted by Crippen LogP contribution is -1.98. The first-order chi connectivity index (χ1) is 22.3. The molecular formula is C42H28N2S. The molecule has 1 aliphatic carbocycles. The Morgan fingerprint density at radius 2 is 1.07 bits per heavy atom. The lowest BCUT2D eigenvalue weighted by Gasteiger charge is -2.14. The van der Waals surface area contributed by atoms with E-state index in [2.05, 4.69) is 155 Å². The van der Waals surface area contributed by atoms with Crippen LogP contribution in [0.15, 0.2) is 146 Å². The molecule has 0 saturated heterocycles. The second-order valence-corrected chi connectivity index (χ2v) is 13.2. The average Bonchev–Trinajstić information content (AvgIpc) is 3.75. The van der Waals surface area contributed by atoms with Crippen LogP contribution in [0, 0.1) is 0 Å². The summed E-state index contributed by atoms with van der Waals surface area (Å²) in [6.07, 6.45) is 8.86. The Labute approximate surface area is 264 Å². The lowest BCUT2D eigenvalue weighted by molar-refractivity contribution is 0.979. The number of hydrogen-bond acceptors (Lipinski definition) is 1. The third kappa shape index (κ3) is 3.68. The SMILES string of the molecule is C1=CCCC(n2c3ccccc3c3cc(-c4ccc5c(c4)c4ccccc4n5-c4ccc5sc6ccccc6c5c4)ccc32)=C1. The van der Waals surface area contributed by atoms with E-state index in [0.717, 1.165) is 12.8 Å². The molecule has 0 radical (unpaired) electrons. The van der Waals surface area contributed by atoms with Crippen molar-refractivity contribution < 1.29 is 0 Å². The fourth-order valence-corrected chi connectivity index (χ4v) is 8.61. The van der Waals surface area contributed by atoms with Gasteiger partial charge in [-0.1, -0.05) is 78.9 Å².